The van der Waals surface area contributed by atoms with Crippen LogP contribution in [0, 0.1) is 5.92 Å². The Morgan fingerprint density at radius 1 is 1.17 bits per heavy atom. The van der Waals surface area contributed by atoms with Gasteiger partial charge in [0.25, 0.3) is 0 Å². The van der Waals surface area contributed by atoms with Gasteiger partial charge in [0.1, 0.15) is 6.04 Å². The van der Waals surface area contributed by atoms with Gasteiger partial charge in [-0.05, 0) is 44.2 Å². The number of likely N-dealkylation sites (tertiary alicyclic amines) is 1. The third kappa shape index (κ3) is 2.73. The number of rotatable bonds is 3. The first-order valence-corrected chi connectivity index (χ1v) is 8.37. The first-order valence-electron chi connectivity index (χ1n) is 8.37. The molecule has 6 heteroatoms. The fourth-order valence-electron chi connectivity index (χ4n) is 3.32. The van der Waals surface area contributed by atoms with Gasteiger partial charge >= 0.3 is 0 Å². The van der Waals surface area contributed by atoms with Gasteiger partial charge in [-0.25, -0.2) is 0 Å². The van der Waals surface area contributed by atoms with E-state index in [4.69, 9.17) is 4.42 Å². The number of piperidine rings is 1. The van der Waals surface area contributed by atoms with Crippen LogP contribution in [0.3, 0.4) is 0 Å². The number of pyridine rings is 1. The van der Waals surface area contributed by atoms with Gasteiger partial charge in [0.15, 0.2) is 0 Å². The molecule has 1 amide bonds. The van der Waals surface area contributed by atoms with Crippen molar-refractivity contribution in [3.63, 3.8) is 0 Å². The Morgan fingerprint density at radius 3 is 2.83 bits per heavy atom. The number of nitrogens with zero attached hydrogens (tertiary/aromatic N) is 4. The van der Waals surface area contributed by atoms with E-state index >= 15 is 0 Å². The van der Waals surface area contributed by atoms with Gasteiger partial charge in [0, 0.05) is 24.9 Å². The lowest BCUT2D eigenvalue weighted by Crippen LogP contribution is -2.43. The highest BCUT2D eigenvalue weighted by Crippen LogP contribution is 2.36. The molecule has 0 bridgehead atoms. The van der Waals surface area contributed by atoms with E-state index in [0.29, 0.717) is 11.8 Å². The van der Waals surface area contributed by atoms with Crippen LogP contribution in [0.25, 0.3) is 11.5 Å². The van der Waals surface area contributed by atoms with Crippen LogP contribution in [-0.4, -0.2) is 32.5 Å². The van der Waals surface area contributed by atoms with Crippen molar-refractivity contribution in [3.05, 3.63) is 30.4 Å². The third-order valence-corrected chi connectivity index (χ3v) is 4.87. The second kappa shape index (κ2) is 6.10. The lowest BCUT2D eigenvalue weighted by Gasteiger charge is -2.38. The number of amides is 1. The van der Waals surface area contributed by atoms with Gasteiger partial charge < -0.3 is 9.32 Å². The lowest BCUT2D eigenvalue weighted by atomic mass is 9.83. The molecule has 2 aromatic heterocycles. The van der Waals surface area contributed by atoms with Crippen molar-refractivity contribution in [1.82, 2.24) is 20.1 Å². The topological polar surface area (TPSA) is 72.1 Å². The van der Waals surface area contributed by atoms with Gasteiger partial charge in [-0.2, -0.15) is 0 Å². The van der Waals surface area contributed by atoms with Gasteiger partial charge in [-0.1, -0.05) is 6.42 Å². The normalized spacial score (nSPS) is 21.9. The predicted molar refractivity (Wildman–Crippen MR) is 83.2 cm³/mol. The van der Waals surface area contributed by atoms with Crippen LogP contribution in [0.1, 0.15) is 50.5 Å². The molecule has 1 saturated heterocycles. The zero-order valence-corrected chi connectivity index (χ0v) is 13.0. The quantitative estimate of drug-likeness (QED) is 0.871. The predicted octanol–water partition coefficient (Wildman–Crippen LogP) is 2.99. The largest absolute Gasteiger partial charge is 0.418 e. The number of aromatic nitrogens is 3. The number of hydrogen-bond donors (Lipinski definition) is 0. The second-order valence-corrected chi connectivity index (χ2v) is 6.36. The van der Waals surface area contributed by atoms with Gasteiger partial charge in [-0.3, -0.25) is 9.78 Å². The highest BCUT2D eigenvalue weighted by molar-refractivity contribution is 5.80. The van der Waals surface area contributed by atoms with Gasteiger partial charge in [0.05, 0.1) is 5.56 Å². The third-order valence-electron chi connectivity index (χ3n) is 4.87. The van der Waals surface area contributed by atoms with E-state index in [1.54, 1.807) is 12.4 Å². The van der Waals surface area contributed by atoms with E-state index in [-0.39, 0.29) is 17.9 Å². The van der Waals surface area contributed by atoms with E-state index in [2.05, 4.69) is 15.2 Å². The van der Waals surface area contributed by atoms with Crippen LogP contribution in [0.15, 0.2) is 28.9 Å². The molecule has 0 radical (unpaired) electrons. The van der Waals surface area contributed by atoms with Gasteiger partial charge in [-0.15, -0.1) is 10.2 Å². The molecule has 2 aliphatic rings. The summed E-state index contributed by atoms with van der Waals surface area (Å²) in [4.78, 5) is 18.7. The monoisotopic (exact) mass is 312 g/mol. The fraction of sp³-hybridized carbons (Fsp3) is 0.529. The van der Waals surface area contributed by atoms with Crippen molar-refractivity contribution in [2.45, 2.75) is 44.6 Å². The highest BCUT2D eigenvalue weighted by Gasteiger charge is 2.37. The molecule has 120 valence electrons. The molecule has 2 fully saturated rings. The molecule has 3 heterocycles. The van der Waals surface area contributed by atoms with Crippen molar-refractivity contribution in [2.24, 2.45) is 5.92 Å². The molecule has 0 unspecified atom stereocenters. The Labute approximate surface area is 134 Å². The Kier molecular flexibility index (Phi) is 3.81. The maximum Gasteiger partial charge on any atom is 0.249 e. The summed E-state index contributed by atoms with van der Waals surface area (Å²) in [5.41, 5.74) is 0.805. The summed E-state index contributed by atoms with van der Waals surface area (Å²) in [5.74, 6) is 1.49. The first-order chi connectivity index (χ1) is 11.3. The second-order valence-electron chi connectivity index (χ2n) is 6.36. The molecule has 23 heavy (non-hydrogen) atoms. The van der Waals surface area contributed by atoms with Gasteiger partial charge in [0.2, 0.25) is 17.7 Å². The zero-order chi connectivity index (χ0) is 15.6. The number of hydrogen-bond acceptors (Lipinski definition) is 5. The van der Waals surface area contributed by atoms with Crippen molar-refractivity contribution < 1.29 is 9.21 Å². The summed E-state index contributed by atoms with van der Waals surface area (Å²) < 4.78 is 5.86. The molecule has 4 rings (SSSR count). The van der Waals surface area contributed by atoms with Crippen molar-refractivity contribution >= 4 is 5.91 Å². The first kappa shape index (κ1) is 14.4. The summed E-state index contributed by atoms with van der Waals surface area (Å²) in [5, 5.41) is 8.35. The van der Waals surface area contributed by atoms with E-state index in [9.17, 15) is 4.79 Å². The fourth-order valence-corrected chi connectivity index (χ4v) is 3.32. The SMILES string of the molecule is O=C(C1CCC1)N1CCCC[C@@H]1c1nnc(-c2cccnc2)o1. The van der Waals surface area contributed by atoms with Crippen LogP contribution in [0.4, 0.5) is 0 Å². The molecule has 0 spiro atoms. The van der Waals surface area contributed by atoms with Crippen LogP contribution in [0.5, 0.6) is 0 Å². The van der Waals surface area contributed by atoms with Crippen molar-refractivity contribution in [3.8, 4) is 11.5 Å². The maximum atomic E-state index is 12.7. The average Bonchev–Trinajstić information content (AvgIpc) is 3.04. The summed E-state index contributed by atoms with van der Waals surface area (Å²) in [7, 11) is 0. The zero-order valence-electron chi connectivity index (χ0n) is 13.0. The van der Waals surface area contributed by atoms with E-state index in [1.807, 2.05) is 17.0 Å². The minimum absolute atomic E-state index is 0.0743. The molecule has 6 nitrogen and oxygen atoms in total. The van der Waals surface area contributed by atoms with Crippen molar-refractivity contribution in [2.75, 3.05) is 6.54 Å². The molecule has 1 saturated carbocycles. The van der Waals surface area contributed by atoms with Crippen LogP contribution in [0.2, 0.25) is 0 Å². The van der Waals surface area contributed by atoms with Crippen molar-refractivity contribution in [1.29, 1.82) is 0 Å². The number of carbonyl (C=O) groups is 1. The smallest absolute Gasteiger partial charge is 0.249 e. The Hall–Kier alpha value is -2.24. The van der Waals surface area contributed by atoms with E-state index < -0.39 is 0 Å². The Balaban J connectivity index is 1.57. The van der Waals surface area contributed by atoms with Crippen LogP contribution >= 0.6 is 0 Å². The molecular weight excluding hydrogens is 292 g/mol. The summed E-state index contributed by atoms with van der Waals surface area (Å²) >= 11 is 0. The summed E-state index contributed by atoms with van der Waals surface area (Å²) in [6.45, 7) is 0.796. The van der Waals surface area contributed by atoms with E-state index in [0.717, 1.165) is 44.2 Å². The molecular formula is C17H20N4O2. The minimum atomic E-state index is -0.0743. The molecule has 0 aromatic carbocycles. The molecule has 1 atom stereocenters. The Morgan fingerprint density at radius 2 is 2.09 bits per heavy atom. The highest BCUT2D eigenvalue weighted by atomic mass is 16.4. The average molecular weight is 312 g/mol. The van der Waals surface area contributed by atoms with Crippen LogP contribution in [-0.2, 0) is 4.79 Å². The maximum absolute atomic E-state index is 12.7. The van der Waals surface area contributed by atoms with E-state index in [1.165, 1.54) is 6.42 Å². The minimum Gasteiger partial charge on any atom is -0.418 e. The summed E-state index contributed by atoms with van der Waals surface area (Å²) in [6, 6.07) is 3.66. The van der Waals surface area contributed by atoms with Crippen LogP contribution < -0.4 is 0 Å². The lowest BCUT2D eigenvalue weighted by molar-refractivity contribution is -0.142. The molecule has 1 aliphatic heterocycles. The molecule has 0 N–H and O–H groups in total. The standard InChI is InChI=1S/C17H20N4O2/c22-17(12-5-3-6-12)21-10-2-1-8-14(21)16-20-19-15(23-16)13-7-4-9-18-11-13/h4,7,9,11-12,14H,1-3,5-6,8,10H2/t14-/m1/s1. The Bertz CT molecular complexity index is 681. The summed E-state index contributed by atoms with van der Waals surface area (Å²) in [6.07, 6.45) is 9.66. The molecule has 1 aliphatic carbocycles. The number of carbonyl (C=O) groups excluding carboxylic acids is 1. The molecule has 2 aromatic rings.